The molecule has 1 atom stereocenters. The molecule has 2 rings (SSSR count). The lowest BCUT2D eigenvalue weighted by atomic mass is 10.1. The average Bonchev–Trinajstić information content (AvgIpc) is 2.67. The first kappa shape index (κ1) is 11.1. The van der Waals surface area contributed by atoms with Gasteiger partial charge in [-0.15, -0.1) is 0 Å². The number of nitrogens with one attached hydrogen (secondary N) is 1. The predicted octanol–water partition coefficient (Wildman–Crippen LogP) is 0.599. The molecule has 5 nitrogen and oxygen atoms in total. The summed E-state index contributed by atoms with van der Waals surface area (Å²) in [5.41, 5.74) is 7.52. The number of nitrogens with two attached hydrogens (primary N) is 1. The number of aromatic nitrogens is 2. The number of carbonyl (C=O) groups is 1. The van der Waals surface area contributed by atoms with E-state index in [1.165, 1.54) is 5.69 Å². The largest absolute Gasteiger partial charge is 0.363 e. The molecule has 1 aromatic rings. The van der Waals surface area contributed by atoms with Crippen molar-refractivity contribution >= 4 is 5.91 Å². The Bertz CT molecular complexity index is 410. The van der Waals surface area contributed by atoms with E-state index in [1.54, 1.807) is 0 Å². The van der Waals surface area contributed by atoms with E-state index in [1.807, 2.05) is 4.57 Å². The number of hydrogen-bond acceptors (Lipinski definition) is 3. The van der Waals surface area contributed by atoms with Crippen molar-refractivity contribution < 1.29 is 4.79 Å². The van der Waals surface area contributed by atoms with Crippen LogP contribution in [-0.2, 0) is 13.0 Å². The number of rotatable bonds is 3. The van der Waals surface area contributed by atoms with Crippen LogP contribution in [0, 0.1) is 0 Å². The van der Waals surface area contributed by atoms with Gasteiger partial charge in [0, 0.05) is 31.2 Å². The van der Waals surface area contributed by atoms with Crippen LogP contribution in [0.15, 0.2) is 0 Å². The van der Waals surface area contributed by atoms with E-state index in [-0.39, 0.29) is 6.04 Å². The molecule has 0 radical (unpaired) electrons. The molecular formula is C11H18N4O. The van der Waals surface area contributed by atoms with E-state index in [0.717, 1.165) is 31.6 Å². The highest BCUT2D eigenvalue weighted by Gasteiger charge is 2.24. The van der Waals surface area contributed by atoms with Gasteiger partial charge in [0.2, 0.25) is 0 Å². The number of carbonyl (C=O) groups excluding carboxylic acids is 1. The number of nitrogens with zero attached hydrogens (tertiary/aromatic N) is 2. The lowest BCUT2D eigenvalue weighted by Crippen LogP contribution is -2.26. The van der Waals surface area contributed by atoms with Crippen LogP contribution in [0.4, 0.5) is 0 Å². The van der Waals surface area contributed by atoms with E-state index in [0.29, 0.717) is 5.82 Å². The number of primary amides is 1. The predicted molar refractivity (Wildman–Crippen MR) is 61.2 cm³/mol. The van der Waals surface area contributed by atoms with Crippen LogP contribution in [-0.4, -0.2) is 22.0 Å². The highest BCUT2D eigenvalue weighted by atomic mass is 16.1. The van der Waals surface area contributed by atoms with Gasteiger partial charge in [-0.1, -0.05) is 6.92 Å². The first-order valence-corrected chi connectivity index (χ1v) is 5.75. The van der Waals surface area contributed by atoms with Crippen molar-refractivity contribution in [3.8, 4) is 0 Å². The minimum absolute atomic E-state index is 0.275. The van der Waals surface area contributed by atoms with Gasteiger partial charge in [-0.25, -0.2) is 4.98 Å². The van der Waals surface area contributed by atoms with Gasteiger partial charge in [-0.2, -0.15) is 0 Å². The summed E-state index contributed by atoms with van der Waals surface area (Å²) in [6.07, 6.45) is 1.89. The zero-order chi connectivity index (χ0) is 11.7. The zero-order valence-electron chi connectivity index (χ0n) is 9.79. The first-order chi connectivity index (χ1) is 7.65. The highest BCUT2D eigenvalue weighted by molar-refractivity contribution is 5.89. The van der Waals surface area contributed by atoms with Gasteiger partial charge >= 0.3 is 0 Å². The quantitative estimate of drug-likeness (QED) is 0.786. The topological polar surface area (TPSA) is 72.9 Å². The smallest absolute Gasteiger partial charge is 0.284 e. The Morgan fingerprint density at radius 1 is 1.69 bits per heavy atom. The summed E-state index contributed by atoms with van der Waals surface area (Å²) in [5.74, 6) is -0.0299. The molecule has 2 heterocycles. The van der Waals surface area contributed by atoms with E-state index >= 15 is 0 Å². The fourth-order valence-corrected chi connectivity index (χ4v) is 2.16. The molecule has 1 aliphatic heterocycles. The summed E-state index contributed by atoms with van der Waals surface area (Å²) in [7, 11) is 0. The lowest BCUT2D eigenvalue weighted by Gasteiger charge is -2.20. The van der Waals surface area contributed by atoms with Crippen molar-refractivity contribution in [2.24, 2.45) is 5.73 Å². The Labute approximate surface area is 95.0 Å². The van der Waals surface area contributed by atoms with Gasteiger partial charge < -0.3 is 15.6 Å². The molecule has 1 amide bonds. The molecular weight excluding hydrogens is 204 g/mol. The normalized spacial score (nSPS) is 16.9. The molecule has 0 bridgehead atoms. The van der Waals surface area contributed by atoms with E-state index in [4.69, 9.17) is 5.73 Å². The SMILES string of the molecule is CCC(C)n1c(C(N)=O)nc2c1CCNC2. The number of amides is 1. The second-order valence-electron chi connectivity index (χ2n) is 4.25. The van der Waals surface area contributed by atoms with Gasteiger partial charge in [-0.05, 0) is 13.3 Å². The van der Waals surface area contributed by atoms with Crippen molar-refractivity contribution in [2.75, 3.05) is 6.54 Å². The molecule has 1 unspecified atom stereocenters. The standard InChI is InChI=1S/C11H18N4O/c1-3-7(2)15-9-4-5-13-6-8(9)14-11(15)10(12)16/h7,13H,3-6H2,1-2H3,(H2,12,16). The van der Waals surface area contributed by atoms with Crippen LogP contribution in [0.1, 0.15) is 48.3 Å². The van der Waals surface area contributed by atoms with Crippen LogP contribution < -0.4 is 11.1 Å². The number of fused-ring (bicyclic) bond motifs is 1. The van der Waals surface area contributed by atoms with Gasteiger partial charge in [0.1, 0.15) is 0 Å². The lowest BCUT2D eigenvalue weighted by molar-refractivity contribution is 0.0984. The second kappa shape index (κ2) is 4.25. The molecule has 0 aromatic carbocycles. The molecule has 5 heteroatoms. The van der Waals surface area contributed by atoms with Crippen molar-refractivity contribution in [1.82, 2.24) is 14.9 Å². The van der Waals surface area contributed by atoms with Crippen LogP contribution in [0.5, 0.6) is 0 Å². The molecule has 0 saturated heterocycles. The third kappa shape index (κ3) is 1.71. The molecule has 0 fully saturated rings. The maximum atomic E-state index is 11.4. The third-order valence-electron chi connectivity index (χ3n) is 3.18. The average molecular weight is 222 g/mol. The monoisotopic (exact) mass is 222 g/mol. The van der Waals surface area contributed by atoms with Gasteiger partial charge in [-0.3, -0.25) is 4.79 Å². The second-order valence-corrected chi connectivity index (χ2v) is 4.25. The highest BCUT2D eigenvalue weighted by Crippen LogP contribution is 2.22. The van der Waals surface area contributed by atoms with E-state index in [9.17, 15) is 4.79 Å². The Hall–Kier alpha value is -1.36. The Morgan fingerprint density at radius 3 is 3.06 bits per heavy atom. The summed E-state index contributed by atoms with van der Waals surface area (Å²) in [6.45, 7) is 5.87. The fourth-order valence-electron chi connectivity index (χ4n) is 2.16. The molecule has 16 heavy (non-hydrogen) atoms. The molecule has 3 N–H and O–H groups in total. The maximum Gasteiger partial charge on any atom is 0.284 e. The van der Waals surface area contributed by atoms with E-state index < -0.39 is 5.91 Å². The zero-order valence-corrected chi connectivity index (χ0v) is 9.79. The molecule has 88 valence electrons. The number of hydrogen-bond donors (Lipinski definition) is 2. The summed E-state index contributed by atoms with van der Waals surface area (Å²) < 4.78 is 2.01. The summed E-state index contributed by atoms with van der Waals surface area (Å²) >= 11 is 0. The molecule has 1 aromatic heterocycles. The Balaban J connectivity index is 2.52. The van der Waals surface area contributed by atoms with Crippen LogP contribution in [0.3, 0.4) is 0 Å². The summed E-state index contributed by atoms with van der Waals surface area (Å²) in [4.78, 5) is 15.7. The molecule has 1 aliphatic rings. The maximum absolute atomic E-state index is 11.4. The summed E-state index contributed by atoms with van der Waals surface area (Å²) in [6, 6.07) is 0.275. The third-order valence-corrected chi connectivity index (χ3v) is 3.18. The fraction of sp³-hybridized carbons (Fsp3) is 0.636. The van der Waals surface area contributed by atoms with Crippen molar-refractivity contribution in [3.63, 3.8) is 0 Å². The van der Waals surface area contributed by atoms with Gasteiger partial charge in [0.15, 0.2) is 5.82 Å². The minimum Gasteiger partial charge on any atom is -0.363 e. The van der Waals surface area contributed by atoms with E-state index in [2.05, 4.69) is 24.1 Å². The molecule has 0 saturated carbocycles. The number of imidazole rings is 1. The van der Waals surface area contributed by atoms with Crippen molar-refractivity contribution in [1.29, 1.82) is 0 Å². The first-order valence-electron chi connectivity index (χ1n) is 5.75. The van der Waals surface area contributed by atoms with Gasteiger partial charge in [0.05, 0.1) is 5.69 Å². The van der Waals surface area contributed by atoms with Crippen LogP contribution >= 0.6 is 0 Å². The molecule has 0 spiro atoms. The Kier molecular flexibility index (Phi) is 2.96. The van der Waals surface area contributed by atoms with Crippen LogP contribution in [0.2, 0.25) is 0 Å². The van der Waals surface area contributed by atoms with Crippen molar-refractivity contribution in [3.05, 3.63) is 17.2 Å². The Morgan fingerprint density at radius 2 is 2.44 bits per heavy atom. The minimum atomic E-state index is -0.435. The van der Waals surface area contributed by atoms with Gasteiger partial charge in [0.25, 0.3) is 5.91 Å². The van der Waals surface area contributed by atoms with Crippen LogP contribution in [0.25, 0.3) is 0 Å². The van der Waals surface area contributed by atoms with Crippen molar-refractivity contribution in [2.45, 2.75) is 39.3 Å². The molecule has 0 aliphatic carbocycles. The summed E-state index contributed by atoms with van der Waals surface area (Å²) in [5, 5.41) is 3.25.